The van der Waals surface area contributed by atoms with Gasteiger partial charge < -0.3 is 14.8 Å². The lowest BCUT2D eigenvalue weighted by molar-refractivity contribution is -0.122. The average molecular weight is 353 g/mol. The third kappa shape index (κ3) is 4.61. The first-order valence-corrected chi connectivity index (χ1v) is 8.93. The Labute approximate surface area is 146 Å². The number of hydrogen-bond donors (Lipinski definition) is 1. The third-order valence-corrected chi connectivity index (χ3v) is 5.51. The molecule has 0 spiro atoms. The smallest absolute Gasteiger partial charge is 0.387 e. The van der Waals surface area contributed by atoms with E-state index in [2.05, 4.69) is 10.1 Å². The van der Waals surface area contributed by atoms with Gasteiger partial charge in [0.1, 0.15) is 0 Å². The van der Waals surface area contributed by atoms with Crippen LogP contribution in [0.5, 0.6) is 11.5 Å². The number of benzene rings is 1. The summed E-state index contributed by atoms with van der Waals surface area (Å²) in [6.45, 7) is -2.36. The predicted molar refractivity (Wildman–Crippen MR) is 89.9 cm³/mol. The fourth-order valence-corrected chi connectivity index (χ4v) is 4.34. The van der Waals surface area contributed by atoms with E-state index in [9.17, 15) is 13.6 Å². The Morgan fingerprint density at radius 3 is 2.76 bits per heavy atom. The van der Waals surface area contributed by atoms with E-state index in [0.29, 0.717) is 25.3 Å². The second kappa shape index (κ2) is 8.02. The zero-order chi connectivity index (χ0) is 17.8. The van der Waals surface area contributed by atoms with Gasteiger partial charge in [0.2, 0.25) is 5.91 Å². The van der Waals surface area contributed by atoms with Gasteiger partial charge in [0.05, 0.1) is 7.11 Å². The standard InChI is InChI=1S/C19H25F2NO3/c1-24-17-10-12(3-5-16(17)25-19(20)21)6-7-22-18(23)11-15-9-13-2-4-14(15)8-13/h3,5,10,13-15,19H,2,4,6-9,11H2,1H3,(H,22,23)/t13-,14-,15+/m1/s1. The Hall–Kier alpha value is -1.85. The summed E-state index contributed by atoms with van der Waals surface area (Å²) in [5, 5.41) is 2.97. The number of nitrogens with one attached hydrogen (secondary N) is 1. The molecule has 0 heterocycles. The van der Waals surface area contributed by atoms with Crippen molar-refractivity contribution < 1.29 is 23.0 Å². The molecule has 6 heteroatoms. The Bertz CT molecular complexity index is 608. The van der Waals surface area contributed by atoms with Crippen molar-refractivity contribution in [2.24, 2.45) is 17.8 Å². The minimum atomic E-state index is -2.88. The van der Waals surface area contributed by atoms with Crippen LogP contribution in [0.15, 0.2) is 18.2 Å². The number of fused-ring (bicyclic) bond motifs is 2. The summed E-state index contributed by atoms with van der Waals surface area (Å²) in [7, 11) is 1.41. The van der Waals surface area contributed by atoms with Gasteiger partial charge in [-0.05, 0) is 61.1 Å². The van der Waals surface area contributed by atoms with Crippen LogP contribution in [0, 0.1) is 17.8 Å². The minimum absolute atomic E-state index is 0.0153. The molecule has 1 aromatic rings. The van der Waals surface area contributed by atoms with Gasteiger partial charge in [-0.3, -0.25) is 4.79 Å². The predicted octanol–water partition coefficient (Wildman–Crippen LogP) is 3.78. The maximum Gasteiger partial charge on any atom is 0.387 e. The van der Waals surface area contributed by atoms with E-state index in [1.54, 1.807) is 12.1 Å². The maximum atomic E-state index is 12.3. The number of ether oxygens (including phenoxy) is 2. The number of rotatable bonds is 8. The highest BCUT2D eigenvalue weighted by Gasteiger charge is 2.39. The molecule has 3 atom stereocenters. The lowest BCUT2D eigenvalue weighted by Crippen LogP contribution is -2.29. The Kier molecular flexibility index (Phi) is 5.76. The van der Waals surface area contributed by atoms with Crippen molar-refractivity contribution in [2.75, 3.05) is 13.7 Å². The van der Waals surface area contributed by atoms with E-state index < -0.39 is 6.61 Å². The summed E-state index contributed by atoms with van der Waals surface area (Å²) >= 11 is 0. The average Bonchev–Trinajstić information content (AvgIpc) is 3.18. The van der Waals surface area contributed by atoms with Crippen molar-refractivity contribution in [1.82, 2.24) is 5.32 Å². The molecule has 2 saturated carbocycles. The number of hydrogen-bond acceptors (Lipinski definition) is 3. The molecular formula is C19H25F2NO3. The van der Waals surface area contributed by atoms with Crippen LogP contribution in [0.2, 0.25) is 0 Å². The Morgan fingerprint density at radius 2 is 2.12 bits per heavy atom. The summed E-state index contributed by atoms with van der Waals surface area (Å²) in [5.74, 6) is 2.56. The highest BCUT2D eigenvalue weighted by Crippen LogP contribution is 2.49. The number of carbonyl (C=O) groups is 1. The monoisotopic (exact) mass is 353 g/mol. The Balaban J connectivity index is 1.44. The van der Waals surface area contributed by atoms with Gasteiger partial charge in [0, 0.05) is 13.0 Å². The summed E-state index contributed by atoms with van der Waals surface area (Å²) < 4.78 is 34.1. The molecule has 0 aromatic heterocycles. The summed E-state index contributed by atoms with van der Waals surface area (Å²) in [6, 6.07) is 4.85. The first-order chi connectivity index (χ1) is 12.0. The molecule has 138 valence electrons. The SMILES string of the molecule is COc1cc(CCNC(=O)C[C@@H]2C[C@@H]3CC[C@@H]2C3)ccc1OC(F)F. The molecule has 1 aromatic carbocycles. The van der Waals surface area contributed by atoms with Crippen molar-refractivity contribution >= 4 is 5.91 Å². The maximum absolute atomic E-state index is 12.3. The molecule has 1 amide bonds. The highest BCUT2D eigenvalue weighted by atomic mass is 19.3. The van der Waals surface area contributed by atoms with Crippen LogP contribution in [-0.4, -0.2) is 26.2 Å². The topological polar surface area (TPSA) is 47.6 Å². The summed E-state index contributed by atoms with van der Waals surface area (Å²) in [4.78, 5) is 12.1. The van der Waals surface area contributed by atoms with Gasteiger partial charge in [-0.1, -0.05) is 12.5 Å². The van der Waals surface area contributed by atoms with Gasteiger partial charge in [-0.15, -0.1) is 0 Å². The van der Waals surface area contributed by atoms with E-state index >= 15 is 0 Å². The van der Waals surface area contributed by atoms with Gasteiger partial charge in [-0.2, -0.15) is 8.78 Å². The number of halogens is 2. The van der Waals surface area contributed by atoms with Crippen LogP contribution in [0.1, 0.15) is 37.7 Å². The van der Waals surface area contributed by atoms with Crippen LogP contribution in [-0.2, 0) is 11.2 Å². The number of methoxy groups -OCH3 is 1. The molecule has 2 bridgehead atoms. The second-order valence-electron chi connectivity index (χ2n) is 7.10. The zero-order valence-electron chi connectivity index (χ0n) is 14.5. The van der Waals surface area contributed by atoms with E-state index in [0.717, 1.165) is 17.4 Å². The zero-order valence-corrected chi connectivity index (χ0v) is 14.5. The highest BCUT2D eigenvalue weighted by molar-refractivity contribution is 5.76. The van der Waals surface area contributed by atoms with Crippen molar-refractivity contribution in [1.29, 1.82) is 0 Å². The van der Waals surface area contributed by atoms with Gasteiger partial charge in [-0.25, -0.2) is 0 Å². The fraction of sp³-hybridized carbons (Fsp3) is 0.632. The molecule has 4 nitrogen and oxygen atoms in total. The molecule has 0 aliphatic heterocycles. The molecule has 2 fully saturated rings. The molecule has 25 heavy (non-hydrogen) atoms. The van der Waals surface area contributed by atoms with E-state index in [1.807, 2.05) is 0 Å². The van der Waals surface area contributed by atoms with Crippen LogP contribution >= 0.6 is 0 Å². The minimum Gasteiger partial charge on any atom is -0.493 e. The summed E-state index contributed by atoms with van der Waals surface area (Å²) in [5.41, 5.74) is 0.902. The van der Waals surface area contributed by atoms with E-state index in [1.165, 1.54) is 38.9 Å². The lowest BCUT2D eigenvalue weighted by atomic mass is 9.86. The van der Waals surface area contributed by atoms with Crippen molar-refractivity contribution in [3.8, 4) is 11.5 Å². The van der Waals surface area contributed by atoms with E-state index in [4.69, 9.17) is 4.74 Å². The molecule has 1 N–H and O–H groups in total. The lowest BCUT2D eigenvalue weighted by Gasteiger charge is -2.20. The van der Waals surface area contributed by atoms with Crippen LogP contribution in [0.25, 0.3) is 0 Å². The Morgan fingerprint density at radius 1 is 1.28 bits per heavy atom. The number of alkyl halides is 2. The second-order valence-corrected chi connectivity index (χ2v) is 7.10. The quantitative estimate of drug-likeness (QED) is 0.774. The molecule has 0 unspecified atom stereocenters. The van der Waals surface area contributed by atoms with Crippen LogP contribution in [0.3, 0.4) is 0 Å². The third-order valence-electron chi connectivity index (χ3n) is 5.51. The largest absolute Gasteiger partial charge is 0.493 e. The van der Waals surface area contributed by atoms with Crippen molar-refractivity contribution in [3.63, 3.8) is 0 Å². The number of carbonyl (C=O) groups excluding carboxylic acids is 1. The van der Waals surface area contributed by atoms with Gasteiger partial charge in [0.15, 0.2) is 11.5 Å². The molecule has 3 rings (SSSR count). The van der Waals surface area contributed by atoms with Crippen LogP contribution < -0.4 is 14.8 Å². The van der Waals surface area contributed by atoms with Crippen molar-refractivity contribution in [2.45, 2.75) is 45.1 Å². The number of amides is 1. The van der Waals surface area contributed by atoms with Crippen LogP contribution in [0.4, 0.5) is 8.78 Å². The molecule has 0 saturated heterocycles. The molecule has 0 radical (unpaired) electrons. The van der Waals surface area contributed by atoms with Gasteiger partial charge in [0.25, 0.3) is 0 Å². The molecule has 2 aliphatic rings. The van der Waals surface area contributed by atoms with Gasteiger partial charge >= 0.3 is 6.61 Å². The molecular weight excluding hydrogens is 328 g/mol. The fourth-order valence-electron chi connectivity index (χ4n) is 4.34. The first kappa shape index (κ1) is 18.0. The first-order valence-electron chi connectivity index (χ1n) is 8.93. The molecule has 2 aliphatic carbocycles. The van der Waals surface area contributed by atoms with Crippen molar-refractivity contribution in [3.05, 3.63) is 23.8 Å². The van der Waals surface area contributed by atoms with E-state index in [-0.39, 0.29) is 17.4 Å². The summed E-state index contributed by atoms with van der Waals surface area (Å²) in [6.07, 6.45) is 6.40. The normalized spacial score (nSPS) is 24.6.